The molecule has 5 rings (SSSR count). The van der Waals surface area contributed by atoms with Crippen LogP contribution in [0.5, 0.6) is 0 Å². The minimum Gasteiger partial charge on any atom is -0.206 e. The molecule has 5 aromatic carbocycles. The molecule has 118 valence electrons. The van der Waals surface area contributed by atoms with Crippen LogP contribution in [-0.2, 0) is 0 Å². The maximum Gasteiger partial charge on any atom is 0.139 e. The lowest BCUT2D eigenvalue weighted by Crippen LogP contribution is -1.91. The Bertz CT molecular complexity index is 1250. The van der Waals surface area contributed by atoms with Crippen molar-refractivity contribution in [3.05, 3.63) is 96.8 Å². The molecule has 0 radical (unpaired) electrons. The summed E-state index contributed by atoms with van der Waals surface area (Å²) in [6.07, 6.45) is 0. The Labute approximate surface area is 145 Å². The Morgan fingerprint density at radius 2 is 1.04 bits per heavy atom. The van der Waals surface area contributed by atoms with Crippen LogP contribution in [0.4, 0.5) is 4.39 Å². The predicted molar refractivity (Wildman–Crippen MR) is 104 cm³/mol. The van der Waals surface area contributed by atoms with Gasteiger partial charge in [-0.1, -0.05) is 84.9 Å². The van der Waals surface area contributed by atoms with E-state index in [1.165, 1.54) is 0 Å². The lowest BCUT2D eigenvalue weighted by atomic mass is 9.91. The summed E-state index contributed by atoms with van der Waals surface area (Å²) in [6, 6.07) is 30.1. The molecule has 25 heavy (non-hydrogen) atoms. The van der Waals surface area contributed by atoms with Gasteiger partial charge in [-0.2, -0.15) is 0 Å². The first-order valence-corrected chi connectivity index (χ1v) is 8.41. The molecule has 0 heterocycles. The van der Waals surface area contributed by atoms with E-state index in [4.69, 9.17) is 0 Å². The Kier molecular flexibility index (Phi) is 3.07. The lowest BCUT2D eigenvalue weighted by molar-refractivity contribution is 0.644. The van der Waals surface area contributed by atoms with Crippen molar-refractivity contribution in [2.24, 2.45) is 0 Å². The minimum absolute atomic E-state index is 0.149. The van der Waals surface area contributed by atoms with Crippen LogP contribution in [0, 0.1) is 5.82 Å². The first kappa shape index (κ1) is 14.2. The molecule has 0 nitrogen and oxygen atoms in total. The average Bonchev–Trinajstić information content (AvgIpc) is 2.68. The van der Waals surface area contributed by atoms with Crippen LogP contribution in [0.25, 0.3) is 43.4 Å². The van der Waals surface area contributed by atoms with Crippen molar-refractivity contribution in [3.8, 4) is 11.1 Å². The highest BCUT2D eigenvalue weighted by molar-refractivity contribution is 6.14. The summed E-state index contributed by atoms with van der Waals surface area (Å²) in [7, 11) is 0. The highest BCUT2D eigenvalue weighted by atomic mass is 19.1. The van der Waals surface area contributed by atoms with Crippen LogP contribution < -0.4 is 0 Å². The van der Waals surface area contributed by atoms with Crippen LogP contribution in [0.1, 0.15) is 0 Å². The molecule has 0 saturated carbocycles. The van der Waals surface area contributed by atoms with Crippen LogP contribution in [0.3, 0.4) is 0 Å². The van der Waals surface area contributed by atoms with Crippen molar-refractivity contribution in [1.29, 1.82) is 0 Å². The van der Waals surface area contributed by atoms with Crippen molar-refractivity contribution >= 4 is 32.3 Å². The quantitative estimate of drug-likeness (QED) is 0.293. The Hall–Kier alpha value is -3.19. The van der Waals surface area contributed by atoms with Gasteiger partial charge in [0.2, 0.25) is 0 Å². The Balaban J connectivity index is 1.94. The van der Waals surface area contributed by atoms with Gasteiger partial charge in [-0.3, -0.25) is 0 Å². The second-order valence-corrected chi connectivity index (χ2v) is 6.34. The molecule has 1 heteroatoms. The van der Waals surface area contributed by atoms with Gasteiger partial charge < -0.3 is 0 Å². The monoisotopic (exact) mass is 322 g/mol. The fraction of sp³-hybridized carbons (Fsp3) is 0. The van der Waals surface area contributed by atoms with E-state index in [-0.39, 0.29) is 5.82 Å². The zero-order valence-electron chi connectivity index (χ0n) is 13.5. The van der Waals surface area contributed by atoms with Crippen LogP contribution in [-0.4, -0.2) is 0 Å². The molecule has 0 unspecified atom stereocenters. The standard InChI is InChI=1S/C24H15F/c25-24-22-12-6-4-10-20(22)19-9-3-5-11-21(19)23(24)18-14-13-16-7-1-2-8-17(16)15-18/h1-15H. The highest BCUT2D eigenvalue weighted by Crippen LogP contribution is 2.38. The smallest absolute Gasteiger partial charge is 0.139 e. The molecule has 0 saturated heterocycles. The van der Waals surface area contributed by atoms with E-state index in [1.54, 1.807) is 0 Å². The number of hydrogen-bond donors (Lipinski definition) is 0. The molecule has 0 aliphatic carbocycles. The van der Waals surface area contributed by atoms with E-state index in [1.807, 2.05) is 60.7 Å². The van der Waals surface area contributed by atoms with Crippen molar-refractivity contribution in [2.45, 2.75) is 0 Å². The maximum absolute atomic E-state index is 15.5. The van der Waals surface area contributed by atoms with E-state index in [0.717, 1.165) is 32.5 Å². The molecule has 0 amide bonds. The minimum atomic E-state index is -0.149. The van der Waals surface area contributed by atoms with Gasteiger partial charge in [-0.25, -0.2) is 4.39 Å². The lowest BCUT2D eigenvalue weighted by Gasteiger charge is -2.13. The normalized spacial score (nSPS) is 11.4. The molecule has 5 aromatic rings. The summed E-state index contributed by atoms with van der Waals surface area (Å²) in [6.45, 7) is 0. The Morgan fingerprint density at radius 3 is 1.80 bits per heavy atom. The van der Waals surface area contributed by atoms with Crippen molar-refractivity contribution in [3.63, 3.8) is 0 Å². The molecule has 0 aliphatic rings. The summed E-state index contributed by atoms with van der Waals surface area (Å²) in [5.74, 6) is -0.149. The maximum atomic E-state index is 15.5. The first-order chi connectivity index (χ1) is 12.3. The van der Waals surface area contributed by atoms with Gasteiger partial charge in [-0.05, 0) is 38.6 Å². The first-order valence-electron chi connectivity index (χ1n) is 8.41. The molecule has 0 spiro atoms. The van der Waals surface area contributed by atoms with Crippen molar-refractivity contribution < 1.29 is 4.39 Å². The van der Waals surface area contributed by atoms with Gasteiger partial charge in [-0.15, -0.1) is 0 Å². The SMILES string of the molecule is Fc1c(-c2ccc3ccccc3c2)c2ccccc2c2ccccc12. The Morgan fingerprint density at radius 1 is 0.480 bits per heavy atom. The molecular formula is C24H15F. The van der Waals surface area contributed by atoms with Crippen LogP contribution in [0.2, 0.25) is 0 Å². The number of rotatable bonds is 1. The topological polar surface area (TPSA) is 0 Å². The number of fused-ring (bicyclic) bond motifs is 4. The molecule has 0 atom stereocenters. The van der Waals surface area contributed by atoms with E-state index < -0.39 is 0 Å². The number of halogens is 1. The van der Waals surface area contributed by atoms with Crippen LogP contribution in [0.15, 0.2) is 91.0 Å². The van der Waals surface area contributed by atoms with Gasteiger partial charge in [0.25, 0.3) is 0 Å². The molecule has 0 aliphatic heterocycles. The largest absolute Gasteiger partial charge is 0.206 e. The van der Waals surface area contributed by atoms with Gasteiger partial charge >= 0.3 is 0 Å². The molecule has 0 aromatic heterocycles. The molecule has 0 fully saturated rings. The summed E-state index contributed by atoms with van der Waals surface area (Å²) < 4.78 is 15.5. The van der Waals surface area contributed by atoms with Gasteiger partial charge in [0, 0.05) is 10.9 Å². The zero-order chi connectivity index (χ0) is 16.8. The summed E-state index contributed by atoms with van der Waals surface area (Å²) >= 11 is 0. The fourth-order valence-electron chi connectivity index (χ4n) is 3.73. The van der Waals surface area contributed by atoms with E-state index in [0.29, 0.717) is 10.9 Å². The highest BCUT2D eigenvalue weighted by Gasteiger charge is 2.15. The second-order valence-electron chi connectivity index (χ2n) is 6.34. The third-order valence-corrected chi connectivity index (χ3v) is 4.91. The van der Waals surface area contributed by atoms with E-state index in [9.17, 15) is 0 Å². The van der Waals surface area contributed by atoms with Gasteiger partial charge in [0.1, 0.15) is 5.82 Å². The fourth-order valence-corrected chi connectivity index (χ4v) is 3.73. The predicted octanol–water partition coefficient (Wildman–Crippen LogP) is 6.95. The third kappa shape index (κ3) is 2.13. The summed E-state index contributed by atoms with van der Waals surface area (Å²) in [4.78, 5) is 0. The zero-order valence-corrected chi connectivity index (χ0v) is 13.5. The number of hydrogen-bond acceptors (Lipinski definition) is 0. The van der Waals surface area contributed by atoms with Crippen molar-refractivity contribution in [2.75, 3.05) is 0 Å². The molecular weight excluding hydrogens is 307 g/mol. The van der Waals surface area contributed by atoms with Gasteiger partial charge in [0.05, 0.1) is 0 Å². The second kappa shape index (κ2) is 5.42. The average molecular weight is 322 g/mol. The summed E-state index contributed by atoms with van der Waals surface area (Å²) in [5, 5.41) is 5.95. The molecule has 0 N–H and O–H groups in total. The van der Waals surface area contributed by atoms with Gasteiger partial charge in [0.15, 0.2) is 0 Å². The summed E-state index contributed by atoms with van der Waals surface area (Å²) in [5.41, 5.74) is 1.60. The van der Waals surface area contributed by atoms with E-state index in [2.05, 4.69) is 30.3 Å². The molecule has 0 bridgehead atoms. The van der Waals surface area contributed by atoms with E-state index >= 15 is 4.39 Å². The van der Waals surface area contributed by atoms with Crippen LogP contribution >= 0.6 is 0 Å². The third-order valence-electron chi connectivity index (χ3n) is 4.91. The number of benzene rings is 5. The van der Waals surface area contributed by atoms with Crippen molar-refractivity contribution in [1.82, 2.24) is 0 Å².